The fraction of sp³-hybridized carbons (Fsp3) is 0.933. The van der Waals surface area contributed by atoms with E-state index in [4.69, 9.17) is 12.2 Å². The molecule has 120 valence electrons. The predicted octanol–water partition coefficient (Wildman–Crippen LogP) is 1.95. The molecule has 3 aliphatic rings. The van der Waals surface area contributed by atoms with Gasteiger partial charge in [0.15, 0.2) is 14.9 Å². The lowest BCUT2D eigenvalue weighted by Gasteiger charge is -2.34. The summed E-state index contributed by atoms with van der Waals surface area (Å²) in [5.41, 5.74) is 0. The molecule has 2 aliphatic carbocycles. The van der Waals surface area contributed by atoms with Crippen molar-refractivity contribution in [2.75, 3.05) is 18.1 Å². The van der Waals surface area contributed by atoms with E-state index in [1.807, 2.05) is 0 Å². The predicted molar refractivity (Wildman–Crippen MR) is 89.0 cm³/mol. The third-order valence-electron chi connectivity index (χ3n) is 5.42. The van der Waals surface area contributed by atoms with Crippen molar-refractivity contribution in [1.29, 1.82) is 0 Å². The molecule has 2 saturated carbocycles. The molecule has 1 aliphatic heterocycles. The zero-order chi connectivity index (χ0) is 15.0. The summed E-state index contributed by atoms with van der Waals surface area (Å²) in [6.45, 7) is 2.98. The van der Waals surface area contributed by atoms with Gasteiger partial charge in [-0.1, -0.05) is 13.3 Å². The number of nitrogens with zero attached hydrogens (tertiary/aromatic N) is 1. The molecule has 0 aromatic rings. The van der Waals surface area contributed by atoms with Gasteiger partial charge in [-0.15, -0.1) is 0 Å². The molecule has 0 unspecified atom stereocenters. The number of fused-ring (bicyclic) bond motifs is 2. The molecular formula is C15H26N2O2S2. The molecule has 6 heteroatoms. The molecule has 0 amide bonds. The van der Waals surface area contributed by atoms with E-state index in [0.29, 0.717) is 11.8 Å². The Labute approximate surface area is 133 Å². The fourth-order valence-electron chi connectivity index (χ4n) is 4.38. The van der Waals surface area contributed by atoms with Gasteiger partial charge in [0.1, 0.15) is 0 Å². The minimum absolute atomic E-state index is 0.0774. The van der Waals surface area contributed by atoms with Gasteiger partial charge in [0, 0.05) is 18.6 Å². The monoisotopic (exact) mass is 330 g/mol. The molecule has 4 atom stereocenters. The summed E-state index contributed by atoms with van der Waals surface area (Å²) in [4.78, 5) is 2.14. The molecule has 0 aromatic carbocycles. The van der Waals surface area contributed by atoms with Crippen LogP contribution in [0.1, 0.15) is 45.4 Å². The fourth-order valence-corrected chi connectivity index (χ4v) is 6.50. The highest BCUT2D eigenvalue weighted by Crippen LogP contribution is 2.44. The first kappa shape index (κ1) is 15.5. The van der Waals surface area contributed by atoms with Crippen LogP contribution < -0.4 is 5.32 Å². The van der Waals surface area contributed by atoms with Crippen molar-refractivity contribution >= 4 is 27.2 Å². The Hall–Kier alpha value is -0.360. The number of hydrogen-bond donors (Lipinski definition) is 1. The Morgan fingerprint density at radius 3 is 2.62 bits per heavy atom. The minimum atomic E-state index is -2.86. The van der Waals surface area contributed by atoms with Gasteiger partial charge in [0.05, 0.1) is 11.5 Å². The van der Waals surface area contributed by atoms with Crippen molar-refractivity contribution in [3.63, 3.8) is 0 Å². The molecule has 4 nitrogen and oxygen atoms in total. The van der Waals surface area contributed by atoms with Gasteiger partial charge in [0.2, 0.25) is 0 Å². The molecule has 21 heavy (non-hydrogen) atoms. The Morgan fingerprint density at radius 1 is 1.29 bits per heavy atom. The van der Waals surface area contributed by atoms with Crippen molar-refractivity contribution in [1.82, 2.24) is 10.2 Å². The number of sulfone groups is 1. The van der Waals surface area contributed by atoms with E-state index >= 15 is 0 Å². The van der Waals surface area contributed by atoms with Crippen molar-refractivity contribution in [2.24, 2.45) is 11.8 Å². The normalized spacial score (nSPS) is 36.8. The first-order valence-corrected chi connectivity index (χ1v) is 10.5. The van der Waals surface area contributed by atoms with E-state index in [1.165, 1.54) is 25.7 Å². The van der Waals surface area contributed by atoms with Crippen molar-refractivity contribution in [3.8, 4) is 0 Å². The van der Waals surface area contributed by atoms with Gasteiger partial charge in [-0.05, 0) is 56.2 Å². The minimum Gasteiger partial charge on any atom is -0.360 e. The van der Waals surface area contributed by atoms with Crippen molar-refractivity contribution in [3.05, 3.63) is 0 Å². The Bertz CT molecular complexity index is 506. The summed E-state index contributed by atoms with van der Waals surface area (Å²) in [6, 6.07) is 0.599. The molecule has 3 rings (SSSR count). The Kier molecular flexibility index (Phi) is 4.46. The molecule has 2 bridgehead atoms. The second kappa shape index (κ2) is 6.03. The van der Waals surface area contributed by atoms with E-state index < -0.39 is 9.84 Å². The van der Waals surface area contributed by atoms with Crippen LogP contribution in [0, 0.1) is 11.8 Å². The van der Waals surface area contributed by atoms with Gasteiger partial charge in [0.25, 0.3) is 0 Å². The molecule has 1 N–H and O–H groups in total. The van der Waals surface area contributed by atoms with Crippen LogP contribution in [-0.2, 0) is 9.84 Å². The van der Waals surface area contributed by atoms with Crippen LogP contribution in [0.5, 0.6) is 0 Å². The van der Waals surface area contributed by atoms with Crippen LogP contribution in [0.2, 0.25) is 0 Å². The third-order valence-corrected chi connectivity index (χ3v) is 7.52. The molecule has 0 radical (unpaired) electrons. The summed E-state index contributed by atoms with van der Waals surface area (Å²) in [5, 5.41) is 4.35. The molecule has 0 aromatic heterocycles. The van der Waals surface area contributed by atoms with Crippen molar-refractivity contribution < 1.29 is 8.42 Å². The van der Waals surface area contributed by atoms with Gasteiger partial charge in [-0.3, -0.25) is 0 Å². The van der Waals surface area contributed by atoms with E-state index in [0.717, 1.165) is 36.3 Å². The van der Waals surface area contributed by atoms with Gasteiger partial charge in [-0.25, -0.2) is 8.42 Å². The lowest BCUT2D eigenvalue weighted by Crippen LogP contribution is -2.51. The summed E-state index contributed by atoms with van der Waals surface area (Å²) < 4.78 is 23.5. The zero-order valence-corrected chi connectivity index (χ0v) is 14.4. The van der Waals surface area contributed by atoms with Crippen molar-refractivity contribution in [2.45, 2.75) is 57.5 Å². The largest absolute Gasteiger partial charge is 0.360 e. The SMILES string of the molecule is CCCN(C(=S)N[C@@H]1C[C@H]2CC[C@H]1C2)[C@@H]1CCS(=O)(=O)C1. The number of thiocarbonyl (C=S) groups is 1. The smallest absolute Gasteiger partial charge is 0.169 e. The van der Waals surface area contributed by atoms with Gasteiger partial charge < -0.3 is 10.2 Å². The number of nitrogens with one attached hydrogen (secondary N) is 1. The molecule has 1 saturated heterocycles. The number of hydrogen-bond acceptors (Lipinski definition) is 3. The maximum Gasteiger partial charge on any atom is 0.169 e. The lowest BCUT2D eigenvalue weighted by molar-refractivity contribution is 0.312. The Balaban J connectivity index is 1.62. The topological polar surface area (TPSA) is 49.4 Å². The van der Waals surface area contributed by atoms with E-state index in [2.05, 4.69) is 17.1 Å². The quantitative estimate of drug-likeness (QED) is 0.799. The maximum absolute atomic E-state index is 11.7. The van der Waals surface area contributed by atoms with Crippen LogP contribution in [-0.4, -0.2) is 48.6 Å². The highest BCUT2D eigenvalue weighted by Gasteiger charge is 2.41. The summed E-state index contributed by atoms with van der Waals surface area (Å²) in [7, 11) is -2.86. The van der Waals surface area contributed by atoms with Crippen LogP contribution in [0.25, 0.3) is 0 Å². The van der Waals surface area contributed by atoms with Crippen LogP contribution >= 0.6 is 12.2 Å². The summed E-state index contributed by atoms with van der Waals surface area (Å²) >= 11 is 5.62. The molecular weight excluding hydrogens is 304 g/mol. The zero-order valence-electron chi connectivity index (χ0n) is 12.8. The first-order valence-electron chi connectivity index (χ1n) is 8.26. The third kappa shape index (κ3) is 3.36. The highest BCUT2D eigenvalue weighted by molar-refractivity contribution is 7.91. The van der Waals surface area contributed by atoms with E-state index in [9.17, 15) is 8.42 Å². The standard InChI is InChI=1S/C15H26N2O2S2/c1-2-6-17(13-5-7-21(18,19)10-13)15(20)16-14-9-11-3-4-12(14)8-11/h11-14H,2-10H2,1H3,(H,16,20)/t11-,12-,13+,14+/m0/s1. The van der Waals surface area contributed by atoms with Crippen LogP contribution in [0.15, 0.2) is 0 Å². The first-order chi connectivity index (χ1) is 9.98. The summed E-state index contributed by atoms with van der Waals surface area (Å²) in [5.74, 6) is 2.26. The average Bonchev–Trinajstić information content (AvgIpc) is 3.11. The highest BCUT2D eigenvalue weighted by atomic mass is 32.2. The Morgan fingerprint density at radius 2 is 2.10 bits per heavy atom. The molecule has 1 heterocycles. The van der Waals surface area contributed by atoms with Gasteiger partial charge in [-0.2, -0.15) is 0 Å². The van der Waals surface area contributed by atoms with Gasteiger partial charge >= 0.3 is 0 Å². The second-order valence-corrected chi connectivity index (χ2v) is 9.60. The lowest BCUT2D eigenvalue weighted by atomic mass is 9.95. The van der Waals surface area contributed by atoms with E-state index in [-0.39, 0.29) is 11.8 Å². The van der Waals surface area contributed by atoms with Crippen LogP contribution in [0.4, 0.5) is 0 Å². The second-order valence-electron chi connectivity index (χ2n) is 6.98. The molecule has 0 spiro atoms. The van der Waals surface area contributed by atoms with Crippen LogP contribution in [0.3, 0.4) is 0 Å². The van der Waals surface area contributed by atoms with E-state index in [1.54, 1.807) is 0 Å². The molecule has 3 fully saturated rings. The average molecular weight is 331 g/mol. The summed E-state index contributed by atoms with van der Waals surface area (Å²) in [6.07, 6.45) is 7.03. The number of rotatable bonds is 4. The maximum atomic E-state index is 11.7.